The molecule has 0 spiro atoms. The predicted molar refractivity (Wildman–Crippen MR) is 78.4 cm³/mol. The van der Waals surface area contributed by atoms with Gasteiger partial charge in [0.15, 0.2) is 0 Å². The number of nitro benzene ring substituents is 1. The van der Waals surface area contributed by atoms with E-state index in [0.29, 0.717) is 16.5 Å². The molecule has 0 aliphatic carbocycles. The molecule has 3 rings (SSSR count). The van der Waals surface area contributed by atoms with Gasteiger partial charge in [-0.3, -0.25) is 10.1 Å². The maximum Gasteiger partial charge on any atom is 0.416 e. The molecule has 1 aliphatic heterocycles. The maximum atomic E-state index is 13.0. The third-order valence-corrected chi connectivity index (χ3v) is 4.79. The number of nitrogens with zero attached hydrogens (tertiary/aromatic N) is 1. The Labute approximate surface area is 137 Å². The van der Waals surface area contributed by atoms with Gasteiger partial charge in [-0.1, -0.05) is 17.8 Å². The topological polar surface area (TPSA) is 80.4 Å². The number of carboxylic acid groups (broad SMARTS) is 1. The molecule has 2 aromatic rings. The Bertz CT molecular complexity index is 880. The molecule has 0 fully saturated rings. The summed E-state index contributed by atoms with van der Waals surface area (Å²) in [5.74, 6) is -1.15. The van der Waals surface area contributed by atoms with Crippen molar-refractivity contribution in [1.82, 2.24) is 0 Å². The lowest BCUT2D eigenvalue weighted by atomic mass is 9.99. The smallest absolute Gasteiger partial charge is 0.416 e. The number of carboxylic acids is 1. The summed E-state index contributed by atoms with van der Waals surface area (Å²) >= 11 is 0.908. The first-order chi connectivity index (χ1) is 11.2. The van der Waals surface area contributed by atoms with Crippen LogP contribution in [0.3, 0.4) is 0 Å². The molecule has 5 nitrogen and oxygen atoms in total. The van der Waals surface area contributed by atoms with E-state index in [4.69, 9.17) is 5.11 Å². The van der Waals surface area contributed by atoms with Gasteiger partial charge in [-0.15, -0.1) is 0 Å². The van der Waals surface area contributed by atoms with Gasteiger partial charge in [-0.2, -0.15) is 13.2 Å². The monoisotopic (exact) mass is 355 g/mol. The minimum Gasteiger partial charge on any atom is -0.478 e. The van der Waals surface area contributed by atoms with Gasteiger partial charge in [0.1, 0.15) is 0 Å². The van der Waals surface area contributed by atoms with Gasteiger partial charge in [0, 0.05) is 27.8 Å². The fourth-order valence-electron chi connectivity index (χ4n) is 2.46. The van der Waals surface area contributed by atoms with Gasteiger partial charge in [-0.25, -0.2) is 4.79 Å². The third kappa shape index (κ3) is 2.82. The van der Waals surface area contributed by atoms with E-state index in [9.17, 15) is 28.1 Å². The molecule has 9 heteroatoms. The largest absolute Gasteiger partial charge is 0.478 e. The first-order valence-electron chi connectivity index (χ1n) is 6.59. The number of hydrogen-bond acceptors (Lipinski definition) is 4. The van der Waals surface area contributed by atoms with Crippen LogP contribution in [0, 0.1) is 10.1 Å². The molecule has 2 aromatic carbocycles. The van der Waals surface area contributed by atoms with E-state index >= 15 is 0 Å². The quantitative estimate of drug-likeness (QED) is 0.545. The predicted octanol–water partition coefficient (Wildman–Crippen LogP) is 4.37. The molecule has 0 saturated carbocycles. The minimum atomic E-state index is -4.70. The Morgan fingerprint density at radius 2 is 1.92 bits per heavy atom. The second-order valence-electron chi connectivity index (χ2n) is 5.13. The van der Waals surface area contributed by atoms with E-state index in [1.165, 1.54) is 18.2 Å². The molecule has 0 atom stereocenters. The fourth-order valence-corrected chi connectivity index (χ4v) is 3.64. The molecule has 0 radical (unpaired) electrons. The van der Waals surface area contributed by atoms with Crippen LogP contribution in [0.4, 0.5) is 18.9 Å². The van der Waals surface area contributed by atoms with Crippen LogP contribution in [-0.4, -0.2) is 16.0 Å². The maximum absolute atomic E-state index is 13.0. The van der Waals surface area contributed by atoms with E-state index < -0.39 is 28.3 Å². The number of hydrogen-bond donors (Lipinski definition) is 1. The number of benzene rings is 2. The highest BCUT2D eigenvalue weighted by atomic mass is 32.2. The Morgan fingerprint density at radius 1 is 1.21 bits per heavy atom. The van der Waals surface area contributed by atoms with Crippen LogP contribution in [0.5, 0.6) is 0 Å². The van der Waals surface area contributed by atoms with Gasteiger partial charge in [0.05, 0.1) is 16.1 Å². The summed E-state index contributed by atoms with van der Waals surface area (Å²) in [6.07, 6.45) is -4.63. The summed E-state index contributed by atoms with van der Waals surface area (Å²) in [6.45, 7) is 0. The summed E-state index contributed by atoms with van der Waals surface area (Å²) in [7, 11) is 0. The van der Waals surface area contributed by atoms with Crippen molar-refractivity contribution in [3.63, 3.8) is 0 Å². The molecule has 1 N–H and O–H groups in total. The summed E-state index contributed by atoms with van der Waals surface area (Å²) in [5.41, 5.74) is -0.835. The van der Waals surface area contributed by atoms with Gasteiger partial charge >= 0.3 is 12.1 Å². The number of aromatic carboxylic acids is 1. The molecule has 24 heavy (non-hydrogen) atoms. The lowest BCUT2D eigenvalue weighted by Gasteiger charge is -2.20. The third-order valence-electron chi connectivity index (χ3n) is 3.61. The van der Waals surface area contributed by atoms with Crippen LogP contribution in [0.25, 0.3) is 0 Å². The summed E-state index contributed by atoms with van der Waals surface area (Å²) in [4.78, 5) is 21.9. The van der Waals surface area contributed by atoms with E-state index in [-0.39, 0.29) is 22.4 Å². The Kier molecular flexibility index (Phi) is 3.75. The normalized spacial score (nSPS) is 13.1. The van der Waals surface area contributed by atoms with Crippen molar-refractivity contribution < 1.29 is 28.0 Å². The zero-order chi connectivity index (χ0) is 17.6. The second kappa shape index (κ2) is 5.52. The molecule has 0 bridgehead atoms. The van der Waals surface area contributed by atoms with E-state index in [1.807, 2.05) is 0 Å². The highest BCUT2D eigenvalue weighted by molar-refractivity contribution is 7.99. The zero-order valence-corrected chi connectivity index (χ0v) is 12.6. The molecule has 1 heterocycles. The van der Waals surface area contributed by atoms with Crippen LogP contribution >= 0.6 is 11.8 Å². The number of nitro groups is 1. The van der Waals surface area contributed by atoms with Crippen LogP contribution in [-0.2, 0) is 12.6 Å². The second-order valence-corrected chi connectivity index (χ2v) is 6.22. The van der Waals surface area contributed by atoms with Gasteiger partial charge in [0.25, 0.3) is 5.69 Å². The lowest BCUT2D eigenvalue weighted by Crippen LogP contribution is -2.11. The van der Waals surface area contributed by atoms with Gasteiger partial charge in [0.2, 0.25) is 0 Å². The van der Waals surface area contributed by atoms with E-state index in [2.05, 4.69) is 0 Å². The van der Waals surface area contributed by atoms with E-state index in [1.54, 1.807) is 0 Å². The summed E-state index contributed by atoms with van der Waals surface area (Å²) in [6, 6.07) is 5.65. The highest BCUT2D eigenvalue weighted by Crippen LogP contribution is 2.46. The molecule has 0 unspecified atom stereocenters. The van der Waals surface area contributed by atoms with Crippen LogP contribution < -0.4 is 0 Å². The van der Waals surface area contributed by atoms with Crippen molar-refractivity contribution in [2.45, 2.75) is 22.4 Å². The van der Waals surface area contributed by atoms with Crippen molar-refractivity contribution >= 4 is 23.4 Å². The Balaban J connectivity index is 2.15. The average Bonchev–Trinajstić information content (AvgIpc) is 2.50. The zero-order valence-electron chi connectivity index (χ0n) is 11.8. The van der Waals surface area contributed by atoms with Crippen molar-refractivity contribution in [3.8, 4) is 0 Å². The lowest BCUT2D eigenvalue weighted by molar-refractivity contribution is -0.386. The SMILES string of the molecule is O=C(O)c1ccc2c(c1)Sc1cc(C(F)(F)F)cc([N+](=O)[O-])c1C2. The minimum absolute atomic E-state index is 0.00572. The van der Waals surface area contributed by atoms with Crippen molar-refractivity contribution in [1.29, 1.82) is 0 Å². The Morgan fingerprint density at radius 3 is 2.50 bits per heavy atom. The van der Waals surface area contributed by atoms with E-state index in [0.717, 1.165) is 17.8 Å². The molecule has 0 aromatic heterocycles. The number of alkyl halides is 3. The standard InChI is InChI=1S/C15H8F3NO4S/c16-15(17,18)9-5-11(19(22)23)10-3-7-1-2-8(14(20)21)4-12(7)24-13(10)6-9/h1-2,4-6H,3H2,(H,20,21). The van der Waals surface area contributed by atoms with Crippen molar-refractivity contribution in [2.75, 3.05) is 0 Å². The summed E-state index contributed by atoms with van der Waals surface area (Å²) in [5, 5.41) is 20.2. The molecule has 0 amide bonds. The number of carbonyl (C=O) groups is 1. The first kappa shape index (κ1) is 16.3. The highest BCUT2D eigenvalue weighted by Gasteiger charge is 2.36. The van der Waals surface area contributed by atoms with Crippen molar-refractivity contribution in [3.05, 3.63) is 62.7 Å². The van der Waals surface area contributed by atoms with Crippen molar-refractivity contribution in [2.24, 2.45) is 0 Å². The average molecular weight is 355 g/mol. The fraction of sp³-hybridized carbons (Fsp3) is 0.133. The molecule has 0 saturated heterocycles. The Hall–Kier alpha value is -2.55. The summed E-state index contributed by atoms with van der Waals surface area (Å²) < 4.78 is 38.9. The molecular formula is C15H8F3NO4S. The number of rotatable bonds is 2. The van der Waals surface area contributed by atoms with Crippen LogP contribution in [0.1, 0.15) is 27.0 Å². The van der Waals surface area contributed by atoms with Gasteiger partial charge < -0.3 is 5.11 Å². The number of fused-ring (bicyclic) bond motifs is 2. The number of halogens is 3. The molecule has 124 valence electrons. The van der Waals surface area contributed by atoms with Gasteiger partial charge in [-0.05, 0) is 23.8 Å². The molecule has 1 aliphatic rings. The first-order valence-corrected chi connectivity index (χ1v) is 7.41. The van der Waals surface area contributed by atoms with Crippen LogP contribution in [0.15, 0.2) is 40.1 Å². The van der Waals surface area contributed by atoms with Crippen LogP contribution in [0.2, 0.25) is 0 Å². The molecular weight excluding hydrogens is 347 g/mol.